The van der Waals surface area contributed by atoms with Crippen LogP contribution in [0.4, 0.5) is 0 Å². The fourth-order valence-corrected chi connectivity index (χ4v) is 7.60. The standard InChI is InChI=1S/C32H37N3O11/c1-14-30-17(35-8-9-43-13-20(35)46-30)10-21(44-14)45-19-12-32(41,31(40)33-34(2)3)11-16-23(19)29(39)25-24(27(16)37)26(36)15-6-5-7-18(42-4)22(15)28(25)38/h5-7,14,17,19-21,30,37,39,41H,8-13H2,1-4H3,(H,33,40)/t14-,17-,19-,20+,21-,30+,32-/m0/s1. The summed E-state index contributed by atoms with van der Waals surface area (Å²) in [4.78, 5) is 43.3. The maximum Gasteiger partial charge on any atom is 0.266 e. The second-order valence-electron chi connectivity index (χ2n) is 12.7. The molecule has 0 spiro atoms. The Balaban J connectivity index is 1.32. The van der Waals surface area contributed by atoms with E-state index < -0.39 is 64.5 Å². The summed E-state index contributed by atoms with van der Waals surface area (Å²) < 4.78 is 29.9. The summed E-state index contributed by atoms with van der Waals surface area (Å²) in [6, 6.07) is 4.45. The van der Waals surface area contributed by atoms with Gasteiger partial charge in [-0.25, -0.2) is 5.01 Å². The van der Waals surface area contributed by atoms with Gasteiger partial charge in [-0.3, -0.25) is 24.7 Å². The third-order valence-electron chi connectivity index (χ3n) is 9.65. The molecule has 14 heteroatoms. The Hall–Kier alpha value is -3.63. The Morgan fingerprint density at radius 3 is 2.61 bits per heavy atom. The van der Waals surface area contributed by atoms with Gasteiger partial charge in [-0.15, -0.1) is 0 Å². The van der Waals surface area contributed by atoms with E-state index in [-0.39, 0.29) is 58.9 Å². The number of aromatic hydroxyl groups is 2. The minimum absolute atomic E-state index is 0.00312. The number of ether oxygens (including phenoxy) is 5. The monoisotopic (exact) mass is 639 g/mol. The first-order valence-corrected chi connectivity index (χ1v) is 15.3. The highest BCUT2D eigenvalue weighted by molar-refractivity contribution is 6.31. The van der Waals surface area contributed by atoms with Crippen molar-refractivity contribution < 1.29 is 53.4 Å². The van der Waals surface area contributed by atoms with Gasteiger partial charge in [0, 0.05) is 62.6 Å². The Kier molecular flexibility index (Phi) is 7.59. The topological polar surface area (TPSA) is 177 Å². The number of morpholine rings is 1. The number of phenols is 2. The molecule has 2 aromatic rings. The van der Waals surface area contributed by atoms with Crippen molar-refractivity contribution in [2.45, 2.75) is 68.7 Å². The van der Waals surface area contributed by atoms with Crippen molar-refractivity contribution in [3.05, 3.63) is 51.6 Å². The molecule has 0 unspecified atom stereocenters. The number of phenolic OH excluding ortho intramolecular Hbond substituents is 2. The summed E-state index contributed by atoms with van der Waals surface area (Å²) in [6.07, 6.45) is -3.34. The van der Waals surface area contributed by atoms with E-state index in [0.29, 0.717) is 26.2 Å². The molecule has 2 aliphatic carbocycles. The summed E-state index contributed by atoms with van der Waals surface area (Å²) >= 11 is 0. The van der Waals surface area contributed by atoms with Gasteiger partial charge in [0.1, 0.15) is 29.6 Å². The van der Waals surface area contributed by atoms with Gasteiger partial charge in [-0.1, -0.05) is 12.1 Å². The largest absolute Gasteiger partial charge is 0.507 e. The molecule has 0 aromatic heterocycles. The second-order valence-corrected chi connectivity index (χ2v) is 12.7. The van der Waals surface area contributed by atoms with Crippen molar-refractivity contribution in [2.24, 2.45) is 0 Å². The van der Waals surface area contributed by atoms with Crippen molar-refractivity contribution in [1.82, 2.24) is 15.3 Å². The van der Waals surface area contributed by atoms with Gasteiger partial charge in [0.25, 0.3) is 5.91 Å². The van der Waals surface area contributed by atoms with Crippen LogP contribution >= 0.6 is 0 Å². The van der Waals surface area contributed by atoms with Crippen LogP contribution in [0.15, 0.2) is 18.2 Å². The average Bonchev–Trinajstić information content (AvgIpc) is 3.40. The van der Waals surface area contributed by atoms with E-state index in [9.17, 15) is 29.7 Å². The molecule has 0 bridgehead atoms. The third-order valence-corrected chi connectivity index (χ3v) is 9.65. The number of nitrogens with one attached hydrogen (secondary N) is 1. The lowest BCUT2D eigenvalue weighted by molar-refractivity contribution is -0.247. The molecule has 3 heterocycles. The predicted octanol–water partition coefficient (Wildman–Crippen LogP) is 0.770. The molecular formula is C32H37N3O11. The molecule has 7 atom stereocenters. The molecule has 5 aliphatic rings. The maximum absolute atomic E-state index is 13.9. The summed E-state index contributed by atoms with van der Waals surface area (Å²) in [6.45, 7) is 3.54. The van der Waals surface area contributed by atoms with Crippen LogP contribution in [-0.4, -0.2) is 120 Å². The lowest BCUT2D eigenvalue weighted by Gasteiger charge is -2.43. The summed E-state index contributed by atoms with van der Waals surface area (Å²) in [5, 5.41) is 36.6. The molecule has 4 N–H and O–H groups in total. The third kappa shape index (κ3) is 4.70. The van der Waals surface area contributed by atoms with E-state index in [1.807, 2.05) is 6.92 Å². The Morgan fingerprint density at radius 2 is 1.87 bits per heavy atom. The molecule has 1 amide bonds. The Bertz CT molecular complexity index is 1630. The quantitative estimate of drug-likeness (QED) is 0.228. The van der Waals surface area contributed by atoms with Gasteiger partial charge in [0.2, 0.25) is 5.78 Å². The number of aliphatic hydroxyl groups is 1. The maximum atomic E-state index is 13.9. The minimum atomic E-state index is -2.13. The number of fused-ring (bicyclic) bond motifs is 6. The molecule has 2 aromatic carbocycles. The first-order chi connectivity index (χ1) is 21.9. The van der Waals surface area contributed by atoms with Crippen LogP contribution in [0.25, 0.3) is 0 Å². The number of hydrogen-bond acceptors (Lipinski definition) is 13. The lowest BCUT2D eigenvalue weighted by Crippen LogP contribution is -2.55. The van der Waals surface area contributed by atoms with E-state index in [1.165, 1.54) is 24.3 Å². The molecule has 246 valence electrons. The number of nitrogens with zero attached hydrogens (tertiary/aromatic N) is 2. The van der Waals surface area contributed by atoms with Crippen molar-refractivity contribution in [2.75, 3.05) is 41.0 Å². The van der Waals surface area contributed by atoms with Crippen LogP contribution in [0, 0.1) is 0 Å². The van der Waals surface area contributed by atoms with Crippen LogP contribution < -0.4 is 10.2 Å². The van der Waals surface area contributed by atoms with Crippen molar-refractivity contribution >= 4 is 17.5 Å². The first-order valence-electron chi connectivity index (χ1n) is 15.3. The molecule has 0 radical (unpaired) electrons. The normalized spacial score (nSPS) is 31.9. The van der Waals surface area contributed by atoms with E-state index in [1.54, 1.807) is 20.2 Å². The Labute approximate surface area is 264 Å². The van der Waals surface area contributed by atoms with Gasteiger partial charge in [0.15, 0.2) is 17.7 Å². The first kappa shape index (κ1) is 31.0. The molecule has 0 saturated carbocycles. The summed E-state index contributed by atoms with van der Waals surface area (Å²) in [5.74, 6) is -3.24. The second kappa shape index (κ2) is 11.3. The average molecular weight is 640 g/mol. The number of hydrogen-bond donors (Lipinski definition) is 4. The molecule has 7 rings (SSSR count). The van der Waals surface area contributed by atoms with Gasteiger partial charge < -0.3 is 39.0 Å². The fraction of sp³-hybridized carbons (Fsp3) is 0.531. The number of carbonyl (C=O) groups excluding carboxylic acids is 3. The number of methoxy groups -OCH3 is 1. The zero-order valence-corrected chi connectivity index (χ0v) is 25.9. The zero-order valence-electron chi connectivity index (χ0n) is 25.9. The summed E-state index contributed by atoms with van der Waals surface area (Å²) in [7, 11) is 4.52. The number of carbonyl (C=O) groups is 3. The van der Waals surface area contributed by atoms with Crippen LogP contribution in [0.5, 0.6) is 17.2 Å². The Morgan fingerprint density at radius 1 is 1.11 bits per heavy atom. The van der Waals surface area contributed by atoms with Gasteiger partial charge in [-0.05, 0) is 13.0 Å². The lowest BCUT2D eigenvalue weighted by atomic mass is 9.72. The van der Waals surface area contributed by atoms with Gasteiger partial charge >= 0.3 is 0 Å². The van der Waals surface area contributed by atoms with E-state index in [0.717, 1.165) is 0 Å². The molecular weight excluding hydrogens is 602 g/mol. The highest BCUT2D eigenvalue weighted by Crippen LogP contribution is 2.52. The van der Waals surface area contributed by atoms with Crippen molar-refractivity contribution in [1.29, 1.82) is 0 Å². The summed E-state index contributed by atoms with van der Waals surface area (Å²) in [5.41, 5.74) is -0.490. The van der Waals surface area contributed by atoms with Gasteiger partial charge in [-0.2, -0.15) is 0 Å². The number of benzene rings is 2. The highest BCUT2D eigenvalue weighted by atomic mass is 16.7. The van der Waals surface area contributed by atoms with Crippen LogP contribution in [0.2, 0.25) is 0 Å². The molecule has 3 aliphatic heterocycles. The predicted molar refractivity (Wildman–Crippen MR) is 157 cm³/mol. The van der Waals surface area contributed by atoms with Gasteiger partial charge in [0.05, 0.1) is 49.2 Å². The fourth-order valence-electron chi connectivity index (χ4n) is 7.60. The van der Waals surface area contributed by atoms with E-state index in [2.05, 4.69) is 10.3 Å². The SMILES string of the molecule is COc1cccc2c1C(=O)c1c(O)c3c(c(O)c1C2=O)C[C@@](O)(C(=O)NN(C)C)C[C@@H]3O[C@H]1C[C@H]2[C@H](O[C@@H]3COCCN32)[C@H](C)O1. The molecule has 14 nitrogen and oxygen atoms in total. The number of hydrazine groups is 1. The van der Waals surface area contributed by atoms with Crippen molar-refractivity contribution in [3.8, 4) is 17.2 Å². The molecule has 3 saturated heterocycles. The van der Waals surface area contributed by atoms with Crippen LogP contribution in [-0.2, 0) is 30.2 Å². The molecule has 46 heavy (non-hydrogen) atoms. The van der Waals surface area contributed by atoms with Crippen LogP contribution in [0.3, 0.4) is 0 Å². The minimum Gasteiger partial charge on any atom is -0.507 e. The van der Waals surface area contributed by atoms with E-state index in [4.69, 9.17) is 23.7 Å². The van der Waals surface area contributed by atoms with Crippen molar-refractivity contribution in [3.63, 3.8) is 0 Å². The highest BCUT2D eigenvalue weighted by Gasteiger charge is 2.53. The number of amides is 1. The number of ketones is 2. The number of rotatable bonds is 5. The van der Waals surface area contributed by atoms with E-state index >= 15 is 0 Å². The smallest absolute Gasteiger partial charge is 0.266 e. The molecule has 3 fully saturated rings. The van der Waals surface area contributed by atoms with Crippen LogP contribution in [0.1, 0.15) is 68.8 Å². The zero-order chi connectivity index (χ0) is 32.7.